The van der Waals surface area contributed by atoms with E-state index in [2.05, 4.69) is 31.5 Å². The van der Waals surface area contributed by atoms with Crippen LogP contribution in [0.25, 0.3) is 0 Å². The first-order chi connectivity index (χ1) is 32.1. The molecule has 10 aliphatic rings. The Labute approximate surface area is 398 Å². The Kier molecular flexibility index (Phi) is 13.4. The highest BCUT2D eigenvalue weighted by atomic mass is 32.2. The van der Waals surface area contributed by atoms with Gasteiger partial charge in [0.25, 0.3) is 0 Å². The summed E-state index contributed by atoms with van der Waals surface area (Å²) in [5.41, 5.74) is -0.334. The molecule has 0 aromatic rings. The molecule has 4 saturated carbocycles. The molecule has 10 fully saturated rings. The van der Waals surface area contributed by atoms with E-state index in [9.17, 15) is 42.0 Å². The molecule has 10 rings (SSSR count). The molecule has 67 heavy (non-hydrogen) atoms. The number of hydrogen-bond acceptors (Lipinski definition) is 13. The molecule has 370 valence electrons. The zero-order valence-electron chi connectivity index (χ0n) is 38.8. The Morgan fingerprint density at radius 1 is 0.836 bits per heavy atom. The molecule has 0 radical (unpaired) electrons. The van der Waals surface area contributed by atoms with Gasteiger partial charge in [-0.2, -0.15) is 0 Å². The van der Waals surface area contributed by atoms with Gasteiger partial charge < -0.3 is 25.6 Å². The molecule has 11 unspecified atom stereocenters. The Hall–Kier alpha value is -3.17. The molecule has 4 aliphatic carbocycles. The molecule has 5 N–H and O–H groups in total. The molecule has 6 heterocycles. The zero-order valence-corrected chi connectivity index (χ0v) is 40.5. The van der Waals surface area contributed by atoms with Crippen LogP contribution in [0.3, 0.4) is 0 Å². The summed E-state index contributed by atoms with van der Waals surface area (Å²) in [6.07, 6.45) is 16.3. The summed E-state index contributed by atoms with van der Waals surface area (Å²) < 4.78 is 31.6. The number of rotatable bonds is 12. The van der Waals surface area contributed by atoms with Crippen LogP contribution in [0.2, 0.25) is 0 Å². The van der Waals surface area contributed by atoms with Crippen molar-refractivity contribution < 1.29 is 46.7 Å². The van der Waals surface area contributed by atoms with Crippen LogP contribution in [0, 0.1) is 46.3 Å². The van der Waals surface area contributed by atoms with Gasteiger partial charge in [0.1, 0.15) is 11.5 Å². The molecule has 1 spiro atoms. The predicted molar refractivity (Wildman–Crippen MR) is 245 cm³/mol. The first kappa shape index (κ1) is 47.5. The first-order valence-corrected chi connectivity index (χ1v) is 28.3. The van der Waals surface area contributed by atoms with Crippen molar-refractivity contribution in [1.82, 2.24) is 40.7 Å². The standard InChI is InChI=1S/C47H70N8O10S2/c1-67(63,64)54-16-10-30(25-54)40(58)49-24-39(57)52-45-50-35(26-66-45)29-4-2-3-27(19-29)28-9-15-48-37(20-28)47(11-12-47)44(62)53-17-13-46(14-18-53)22-32(23-46)65-31-5-6-33-34(21-31)43(61)55(42(33)60)36-7-8-38(56)51-41(36)59/h27-37,45,48,50H,2-26H2,1H3,(H,49,58)(H,52,57)(H,51,56,59). The van der Waals surface area contributed by atoms with Crippen LogP contribution in [0.4, 0.5) is 0 Å². The van der Waals surface area contributed by atoms with Crippen LogP contribution in [0.15, 0.2) is 0 Å². The number of piperidine rings is 3. The summed E-state index contributed by atoms with van der Waals surface area (Å²) in [7, 11) is -3.34. The Bertz CT molecular complexity index is 2110. The lowest BCUT2D eigenvalue weighted by molar-refractivity contribution is -0.157. The number of carbonyl (C=O) groups is 7. The number of amides is 7. The fourth-order valence-corrected chi connectivity index (χ4v) is 16.2. The fraction of sp³-hybridized carbons (Fsp3) is 0.851. The van der Waals surface area contributed by atoms with Crippen molar-refractivity contribution in [2.24, 2.45) is 46.3 Å². The number of imide groups is 2. The molecule has 0 aromatic heterocycles. The van der Waals surface area contributed by atoms with Crippen molar-refractivity contribution in [3.8, 4) is 0 Å². The fourth-order valence-electron chi connectivity index (χ4n) is 14.0. The zero-order chi connectivity index (χ0) is 46.8. The molecular weight excluding hydrogens is 901 g/mol. The second kappa shape index (κ2) is 18.9. The monoisotopic (exact) mass is 970 g/mol. The third-order valence-electron chi connectivity index (χ3n) is 18.1. The van der Waals surface area contributed by atoms with Gasteiger partial charge in [-0.3, -0.25) is 49.1 Å². The minimum absolute atomic E-state index is 0.104. The average molecular weight is 971 g/mol. The number of ether oxygens (including phenoxy) is 1. The lowest BCUT2D eigenvalue weighted by Gasteiger charge is -2.53. The second-order valence-electron chi connectivity index (χ2n) is 22.1. The normalized spacial score (nSPS) is 37.8. The summed E-state index contributed by atoms with van der Waals surface area (Å²) in [4.78, 5) is 94.1. The van der Waals surface area contributed by atoms with Gasteiger partial charge in [0.15, 0.2) is 0 Å². The third kappa shape index (κ3) is 9.70. The Morgan fingerprint density at radius 3 is 2.31 bits per heavy atom. The summed E-state index contributed by atoms with van der Waals surface area (Å²) in [5, 5.41) is 15.5. The average Bonchev–Trinajstić information content (AvgIpc) is 3.58. The largest absolute Gasteiger partial charge is 0.375 e. The lowest BCUT2D eigenvalue weighted by atomic mass is 9.61. The molecule has 18 nitrogen and oxygen atoms in total. The highest BCUT2D eigenvalue weighted by Gasteiger charge is 2.60. The van der Waals surface area contributed by atoms with Crippen molar-refractivity contribution in [3.05, 3.63) is 0 Å². The van der Waals surface area contributed by atoms with Crippen molar-refractivity contribution in [2.45, 2.75) is 151 Å². The summed E-state index contributed by atoms with van der Waals surface area (Å²) >= 11 is 1.69. The van der Waals surface area contributed by atoms with E-state index in [1.54, 1.807) is 11.8 Å². The third-order valence-corrected chi connectivity index (χ3v) is 20.5. The molecule has 20 heteroatoms. The van der Waals surface area contributed by atoms with Crippen LogP contribution >= 0.6 is 11.8 Å². The Morgan fingerprint density at radius 2 is 1.58 bits per heavy atom. The first-order valence-electron chi connectivity index (χ1n) is 25.4. The van der Waals surface area contributed by atoms with Gasteiger partial charge in [-0.25, -0.2) is 12.7 Å². The van der Waals surface area contributed by atoms with Gasteiger partial charge in [-0.05, 0) is 126 Å². The van der Waals surface area contributed by atoms with Crippen molar-refractivity contribution in [3.63, 3.8) is 0 Å². The van der Waals surface area contributed by atoms with E-state index in [0.29, 0.717) is 61.9 Å². The van der Waals surface area contributed by atoms with Crippen molar-refractivity contribution in [2.75, 3.05) is 51.3 Å². The van der Waals surface area contributed by atoms with Crippen molar-refractivity contribution >= 4 is 63.1 Å². The van der Waals surface area contributed by atoms with Crippen LogP contribution < -0.4 is 26.6 Å². The van der Waals surface area contributed by atoms with Crippen molar-refractivity contribution in [1.29, 1.82) is 0 Å². The van der Waals surface area contributed by atoms with Crippen LogP contribution in [0.1, 0.15) is 116 Å². The Balaban J connectivity index is 0.642. The summed E-state index contributed by atoms with van der Waals surface area (Å²) in [5.74, 6) is -0.469. The number of carbonyl (C=O) groups excluding carboxylic acids is 7. The lowest BCUT2D eigenvalue weighted by Crippen LogP contribution is -2.56. The van der Waals surface area contributed by atoms with E-state index in [0.717, 1.165) is 101 Å². The van der Waals surface area contributed by atoms with E-state index >= 15 is 0 Å². The van der Waals surface area contributed by atoms with E-state index < -0.39 is 39.7 Å². The molecule has 0 bridgehead atoms. The number of fused-ring (bicyclic) bond motifs is 1. The van der Waals surface area contributed by atoms with Gasteiger partial charge in [0.2, 0.25) is 51.4 Å². The van der Waals surface area contributed by atoms with E-state index in [1.807, 2.05) is 0 Å². The van der Waals surface area contributed by atoms with Gasteiger partial charge in [0, 0.05) is 50.4 Å². The minimum atomic E-state index is -3.34. The highest BCUT2D eigenvalue weighted by Crippen LogP contribution is 2.56. The smallest absolute Gasteiger partial charge is 0.249 e. The molecule has 6 saturated heterocycles. The highest BCUT2D eigenvalue weighted by molar-refractivity contribution is 8.00. The number of thioether (sulfide) groups is 1. The van der Waals surface area contributed by atoms with E-state index in [1.165, 1.54) is 17.1 Å². The van der Waals surface area contributed by atoms with E-state index in [4.69, 9.17) is 4.74 Å². The van der Waals surface area contributed by atoms with Gasteiger partial charge in [-0.1, -0.05) is 12.8 Å². The molecule has 11 atom stereocenters. The molecular formula is C47H70N8O10S2. The number of nitrogens with one attached hydrogen (secondary N) is 5. The molecule has 6 aliphatic heterocycles. The number of likely N-dealkylation sites (tertiary alicyclic amines) is 2. The topological polar surface area (TPSA) is 233 Å². The number of nitrogens with zero attached hydrogens (tertiary/aromatic N) is 3. The van der Waals surface area contributed by atoms with Gasteiger partial charge in [0.05, 0.1) is 48.2 Å². The van der Waals surface area contributed by atoms with Crippen LogP contribution in [0.5, 0.6) is 0 Å². The van der Waals surface area contributed by atoms with Crippen LogP contribution in [-0.2, 0) is 48.3 Å². The van der Waals surface area contributed by atoms with E-state index in [-0.39, 0.29) is 90.0 Å². The summed E-state index contributed by atoms with van der Waals surface area (Å²) in [6.45, 7) is 2.83. The second-order valence-corrected chi connectivity index (χ2v) is 25.3. The van der Waals surface area contributed by atoms with Gasteiger partial charge in [-0.15, -0.1) is 11.8 Å². The quantitative estimate of drug-likeness (QED) is 0.173. The summed E-state index contributed by atoms with van der Waals surface area (Å²) in [6, 6.07) is -0.405. The predicted octanol–water partition coefficient (Wildman–Crippen LogP) is 1.19. The number of sulfonamides is 1. The van der Waals surface area contributed by atoms with Crippen LogP contribution in [-0.4, -0.2) is 151 Å². The molecule has 0 aromatic carbocycles. The maximum Gasteiger partial charge on any atom is 0.249 e. The number of hydrogen-bond donors (Lipinski definition) is 5. The maximum atomic E-state index is 14.4. The molecule has 7 amide bonds. The SMILES string of the molecule is CS(=O)(=O)N1CCC(C(=O)NCC(=O)NC2NC(C3CCCC(C4CCNC(C5(C(=O)N6CCC7(CC6)CC(OC6CCC8C(=O)N(C9CCC(=O)NC9=O)C(=O)C8C6)C7)CC5)C4)C3)CS2)C1. The van der Waals surface area contributed by atoms with Gasteiger partial charge >= 0.3 is 0 Å². The minimum Gasteiger partial charge on any atom is -0.375 e. The maximum absolute atomic E-state index is 14.4.